The van der Waals surface area contributed by atoms with Gasteiger partial charge in [0.05, 0.1) is 11.1 Å². The molecule has 0 aliphatic rings. The van der Waals surface area contributed by atoms with E-state index in [4.69, 9.17) is 21.1 Å². The largest absolute Gasteiger partial charge is 0.488 e. The number of pyridine rings is 1. The second-order valence-electron chi connectivity index (χ2n) is 8.63. The van der Waals surface area contributed by atoms with Crippen LogP contribution in [-0.2, 0) is 17.8 Å². The molecule has 0 aliphatic heterocycles. The number of carbonyl (C=O) groups is 2. The van der Waals surface area contributed by atoms with Gasteiger partial charge in [0.15, 0.2) is 0 Å². The molecule has 1 heterocycles. The number of benzene rings is 3. The Hall–Kier alpha value is -3.90. The molecule has 0 bridgehead atoms. The Labute approximate surface area is 221 Å². The lowest BCUT2D eigenvalue weighted by atomic mass is 10.1. The third-order valence-corrected chi connectivity index (χ3v) is 6.14. The first-order valence-corrected chi connectivity index (χ1v) is 12.7. The molecule has 190 valence electrons. The van der Waals surface area contributed by atoms with Gasteiger partial charge >= 0.3 is 0 Å². The minimum absolute atomic E-state index is 0.154. The predicted molar refractivity (Wildman–Crippen MR) is 146 cm³/mol. The summed E-state index contributed by atoms with van der Waals surface area (Å²) in [4.78, 5) is 29.4. The summed E-state index contributed by atoms with van der Waals surface area (Å²) < 4.78 is 12.2. The highest BCUT2D eigenvalue weighted by molar-refractivity contribution is 6.31. The molecule has 0 saturated heterocycles. The number of rotatable bonds is 11. The zero-order valence-electron chi connectivity index (χ0n) is 20.9. The second kappa shape index (κ2) is 12.4. The van der Waals surface area contributed by atoms with Crippen molar-refractivity contribution >= 4 is 34.2 Å². The zero-order valence-corrected chi connectivity index (χ0v) is 21.7. The fourth-order valence-electron chi connectivity index (χ4n) is 3.97. The van der Waals surface area contributed by atoms with Crippen LogP contribution in [0.5, 0.6) is 17.2 Å². The van der Waals surface area contributed by atoms with Crippen LogP contribution in [0.4, 0.5) is 0 Å². The molecule has 0 saturated carbocycles. The quantitative estimate of drug-likeness (QED) is 0.234. The molecule has 4 rings (SSSR count). The number of hydrogen-bond acceptors (Lipinski definition) is 5. The van der Waals surface area contributed by atoms with Gasteiger partial charge < -0.3 is 14.8 Å². The van der Waals surface area contributed by atoms with Gasteiger partial charge in [-0.25, -0.2) is 0 Å². The molecular formula is C30H29ClN2O4. The van der Waals surface area contributed by atoms with Crippen molar-refractivity contribution in [2.45, 2.75) is 39.7 Å². The van der Waals surface area contributed by atoms with Crippen molar-refractivity contribution in [1.29, 1.82) is 0 Å². The Balaban J connectivity index is 1.64. The summed E-state index contributed by atoms with van der Waals surface area (Å²) in [6.07, 6.45) is 3.28. The van der Waals surface area contributed by atoms with Crippen LogP contribution in [0.15, 0.2) is 72.9 Å². The van der Waals surface area contributed by atoms with Gasteiger partial charge in [-0.15, -0.1) is 0 Å². The van der Waals surface area contributed by atoms with Crippen LogP contribution < -0.4 is 14.8 Å². The summed E-state index contributed by atoms with van der Waals surface area (Å²) in [7, 11) is 0. The van der Waals surface area contributed by atoms with Gasteiger partial charge in [-0.05, 0) is 48.7 Å². The molecule has 0 aliphatic carbocycles. The maximum absolute atomic E-state index is 12.9. The highest BCUT2D eigenvalue weighted by atomic mass is 35.5. The number of fused-ring (bicyclic) bond motifs is 1. The van der Waals surface area contributed by atoms with Crippen molar-refractivity contribution in [2.24, 2.45) is 0 Å². The molecule has 7 heteroatoms. The van der Waals surface area contributed by atoms with Crippen LogP contribution in [0.3, 0.4) is 0 Å². The van der Waals surface area contributed by atoms with Crippen molar-refractivity contribution in [3.05, 3.63) is 94.6 Å². The van der Waals surface area contributed by atoms with E-state index in [0.29, 0.717) is 64.7 Å². The molecule has 0 radical (unpaired) electrons. The number of hydrogen-bond donors (Lipinski definition) is 1. The maximum Gasteiger partial charge on any atom is 0.255 e. The minimum Gasteiger partial charge on any atom is -0.488 e. The first-order chi connectivity index (χ1) is 18.0. The fourth-order valence-corrected chi connectivity index (χ4v) is 4.20. The SMILES string of the molecule is CCCC(=O)Cc1ccc(Oc2ccnc3cc(OCc4ccccc4)c(C(=O)NCC)cc23)cc1Cl. The summed E-state index contributed by atoms with van der Waals surface area (Å²) >= 11 is 6.45. The average molecular weight is 517 g/mol. The zero-order chi connectivity index (χ0) is 26.2. The number of nitrogens with one attached hydrogen (secondary N) is 1. The van der Waals surface area contributed by atoms with Crippen LogP contribution >= 0.6 is 11.6 Å². The monoisotopic (exact) mass is 516 g/mol. The van der Waals surface area contributed by atoms with Gasteiger partial charge in [-0.3, -0.25) is 14.6 Å². The van der Waals surface area contributed by atoms with Gasteiger partial charge in [0.2, 0.25) is 0 Å². The highest BCUT2D eigenvalue weighted by Crippen LogP contribution is 2.35. The lowest BCUT2D eigenvalue weighted by Crippen LogP contribution is -2.23. The summed E-state index contributed by atoms with van der Waals surface area (Å²) in [6, 6.07) is 20.3. The van der Waals surface area contributed by atoms with E-state index in [1.165, 1.54) is 0 Å². The molecule has 0 unspecified atom stereocenters. The Morgan fingerprint density at radius 3 is 2.51 bits per heavy atom. The summed E-state index contributed by atoms with van der Waals surface area (Å²) in [5.41, 5.74) is 2.78. The van der Waals surface area contributed by atoms with Crippen LogP contribution in [0, 0.1) is 0 Å². The lowest BCUT2D eigenvalue weighted by molar-refractivity contribution is -0.118. The van der Waals surface area contributed by atoms with Crippen molar-refractivity contribution in [1.82, 2.24) is 10.3 Å². The van der Waals surface area contributed by atoms with Crippen molar-refractivity contribution in [3.63, 3.8) is 0 Å². The first kappa shape index (κ1) is 26.2. The normalized spacial score (nSPS) is 10.8. The molecule has 3 aromatic carbocycles. The van der Waals surface area contributed by atoms with Gasteiger partial charge in [-0.2, -0.15) is 0 Å². The number of ether oxygens (including phenoxy) is 2. The van der Waals surface area contributed by atoms with Crippen LogP contribution in [0.2, 0.25) is 5.02 Å². The Morgan fingerprint density at radius 1 is 0.973 bits per heavy atom. The predicted octanol–water partition coefficient (Wildman–Crippen LogP) is 6.92. The molecule has 4 aromatic rings. The molecule has 1 N–H and O–H groups in total. The fraction of sp³-hybridized carbons (Fsp3) is 0.233. The maximum atomic E-state index is 12.9. The highest BCUT2D eigenvalue weighted by Gasteiger charge is 2.17. The molecule has 37 heavy (non-hydrogen) atoms. The van der Waals surface area contributed by atoms with Gasteiger partial charge in [0.1, 0.15) is 29.6 Å². The van der Waals surface area contributed by atoms with Crippen LogP contribution in [-0.4, -0.2) is 23.2 Å². The average Bonchev–Trinajstić information content (AvgIpc) is 2.89. The Bertz CT molecular complexity index is 1410. The van der Waals surface area contributed by atoms with Gasteiger partial charge in [0, 0.05) is 42.1 Å². The van der Waals surface area contributed by atoms with E-state index in [2.05, 4.69) is 10.3 Å². The Kier molecular flexibility index (Phi) is 8.75. The molecular weight excluding hydrogens is 488 g/mol. The molecule has 1 aromatic heterocycles. The number of Topliss-reactive ketones (excluding diaryl/α,β-unsaturated/α-hetero) is 1. The molecule has 6 nitrogen and oxygen atoms in total. The van der Waals surface area contributed by atoms with E-state index in [9.17, 15) is 9.59 Å². The van der Waals surface area contributed by atoms with Crippen LogP contribution in [0.1, 0.15) is 48.2 Å². The molecule has 0 fully saturated rings. The number of ketones is 1. The van der Waals surface area contributed by atoms with E-state index in [1.54, 1.807) is 36.5 Å². The number of aromatic nitrogens is 1. The smallest absolute Gasteiger partial charge is 0.255 e. The van der Waals surface area contributed by atoms with E-state index in [1.807, 2.05) is 50.2 Å². The number of nitrogens with zero attached hydrogens (tertiary/aromatic N) is 1. The van der Waals surface area contributed by atoms with Gasteiger partial charge in [-0.1, -0.05) is 54.9 Å². The van der Waals surface area contributed by atoms with E-state index in [-0.39, 0.29) is 11.7 Å². The van der Waals surface area contributed by atoms with E-state index < -0.39 is 0 Å². The summed E-state index contributed by atoms with van der Waals surface area (Å²) in [5.74, 6) is 1.40. The van der Waals surface area contributed by atoms with Crippen molar-refractivity contribution in [2.75, 3.05) is 6.54 Å². The molecule has 1 amide bonds. The summed E-state index contributed by atoms with van der Waals surface area (Å²) in [6.45, 7) is 4.64. The van der Waals surface area contributed by atoms with Crippen LogP contribution in [0.25, 0.3) is 10.9 Å². The topological polar surface area (TPSA) is 77.5 Å². The number of amides is 1. The third-order valence-electron chi connectivity index (χ3n) is 5.79. The standard InChI is InChI=1S/C30H29ClN2O4/c1-3-8-22(34)15-21-11-12-23(16-26(21)31)37-28-13-14-33-27-18-29(36-19-20-9-6-5-7-10-20)25(17-24(27)28)30(35)32-4-2/h5-7,9-14,16-18H,3-4,8,15,19H2,1-2H3,(H,32,35). The van der Waals surface area contributed by atoms with E-state index in [0.717, 1.165) is 17.5 Å². The first-order valence-electron chi connectivity index (χ1n) is 12.3. The second-order valence-corrected chi connectivity index (χ2v) is 9.04. The third kappa shape index (κ3) is 6.66. The van der Waals surface area contributed by atoms with E-state index >= 15 is 0 Å². The van der Waals surface area contributed by atoms with Crippen molar-refractivity contribution < 1.29 is 19.1 Å². The Morgan fingerprint density at radius 2 is 1.78 bits per heavy atom. The lowest BCUT2D eigenvalue weighted by Gasteiger charge is -2.15. The summed E-state index contributed by atoms with van der Waals surface area (Å²) in [5, 5.41) is 3.98. The van der Waals surface area contributed by atoms with Crippen molar-refractivity contribution in [3.8, 4) is 17.2 Å². The number of carbonyl (C=O) groups excluding carboxylic acids is 2. The molecule has 0 atom stereocenters. The number of halogens is 1. The minimum atomic E-state index is -0.244. The molecule has 0 spiro atoms. The van der Waals surface area contributed by atoms with Gasteiger partial charge in [0.25, 0.3) is 5.91 Å².